The zero-order chi connectivity index (χ0) is 9.94. The van der Waals surface area contributed by atoms with Gasteiger partial charge in [-0.2, -0.15) is 11.8 Å². The van der Waals surface area contributed by atoms with Gasteiger partial charge in [-0.3, -0.25) is 0 Å². The van der Waals surface area contributed by atoms with E-state index in [-0.39, 0.29) is 0 Å². The molecule has 0 fully saturated rings. The monoisotopic (exact) mass is 199 g/mol. The molecule has 0 aromatic carbocycles. The summed E-state index contributed by atoms with van der Waals surface area (Å²) in [5, 5.41) is 3.47. The molecule has 0 aliphatic rings. The first kappa shape index (κ1) is 12.8. The second-order valence-corrected chi connectivity index (χ2v) is 4.23. The zero-order valence-electron chi connectivity index (χ0n) is 8.59. The molecule has 2 heteroatoms. The largest absolute Gasteiger partial charge is 0.313 e. The summed E-state index contributed by atoms with van der Waals surface area (Å²) in [5.74, 6) is 2.23. The highest BCUT2D eigenvalue weighted by atomic mass is 32.2. The SMILES string of the molecule is C=CCCC(C)NCCSCC=C. The molecular weight excluding hydrogens is 178 g/mol. The van der Waals surface area contributed by atoms with E-state index in [1.54, 1.807) is 0 Å². The third-order valence-electron chi connectivity index (χ3n) is 1.78. The summed E-state index contributed by atoms with van der Waals surface area (Å²) < 4.78 is 0. The van der Waals surface area contributed by atoms with E-state index in [2.05, 4.69) is 25.4 Å². The van der Waals surface area contributed by atoms with Crippen molar-refractivity contribution in [2.45, 2.75) is 25.8 Å². The molecule has 0 aromatic rings. The molecule has 76 valence electrons. The van der Waals surface area contributed by atoms with Gasteiger partial charge in [0.1, 0.15) is 0 Å². The average Bonchev–Trinajstić information content (AvgIpc) is 2.14. The van der Waals surface area contributed by atoms with Crippen LogP contribution in [0.3, 0.4) is 0 Å². The van der Waals surface area contributed by atoms with Crippen LogP contribution in [-0.4, -0.2) is 24.1 Å². The second kappa shape index (κ2) is 9.87. The second-order valence-electron chi connectivity index (χ2n) is 3.08. The van der Waals surface area contributed by atoms with E-state index in [4.69, 9.17) is 0 Å². The topological polar surface area (TPSA) is 12.0 Å². The molecule has 0 aliphatic heterocycles. The van der Waals surface area contributed by atoms with Crippen molar-refractivity contribution in [3.63, 3.8) is 0 Å². The predicted molar refractivity (Wildman–Crippen MR) is 64.4 cm³/mol. The van der Waals surface area contributed by atoms with E-state index < -0.39 is 0 Å². The van der Waals surface area contributed by atoms with Gasteiger partial charge in [-0.1, -0.05) is 12.2 Å². The molecule has 1 N–H and O–H groups in total. The Morgan fingerprint density at radius 3 is 2.77 bits per heavy atom. The Labute approximate surface area is 86.7 Å². The van der Waals surface area contributed by atoms with Gasteiger partial charge in [0.15, 0.2) is 0 Å². The molecule has 0 aromatic heterocycles. The van der Waals surface area contributed by atoms with E-state index in [1.165, 1.54) is 12.2 Å². The first-order valence-corrected chi connectivity index (χ1v) is 5.99. The van der Waals surface area contributed by atoms with Gasteiger partial charge in [0, 0.05) is 24.1 Å². The standard InChI is InChI=1S/C11H21NS/c1-4-6-7-11(3)12-8-10-13-9-5-2/h4-5,11-12H,1-2,6-10H2,3H3. The molecule has 0 spiro atoms. The fraction of sp³-hybridized carbons (Fsp3) is 0.636. The van der Waals surface area contributed by atoms with Crippen LogP contribution in [0.2, 0.25) is 0 Å². The minimum Gasteiger partial charge on any atom is -0.313 e. The van der Waals surface area contributed by atoms with Crippen molar-refractivity contribution in [3.8, 4) is 0 Å². The van der Waals surface area contributed by atoms with Crippen LogP contribution in [0.5, 0.6) is 0 Å². The quantitative estimate of drug-likeness (QED) is 0.453. The lowest BCUT2D eigenvalue weighted by atomic mass is 10.2. The Morgan fingerprint density at radius 1 is 1.38 bits per heavy atom. The fourth-order valence-corrected chi connectivity index (χ4v) is 1.61. The fourth-order valence-electron chi connectivity index (χ4n) is 1.01. The van der Waals surface area contributed by atoms with E-state index in [1.807, 2.05) is 23.9 Å². The van der Waals surface area contributed by atoms with Crippen LogP contribution < -0.4 is 5.32 Å². The third kappa shape index (κ3) is 9.71. The van der Waals surface area contributed by atoms with Crippen molar-refractivity contribution in [2.24, 2.45) is 0 Å². The molecule has 0 bridgehead atoms. The van der Waals surface area contributed by atoms with Gasteiger partial charge in [0.25, 0.3) is 0 Å². The Bertz CT molecular complexity index is 134. The van der Waals surface area contributed by atoms with Crippen molar-refractivity contribution in [2.75, 3.05) is 18.1 Å². The zero-order valence-corrected chi connectivity index (χ0v) is 9.41. The van der Waals surface area contributed by atoms with Crippen LogP contribution in [0.4, 0.5) is 0 Å². The van der Waals surface area contributed by atoms with Crippen LogP contribution >= 0.6 is 11.8 Å². The number of hydrogen-bond donors (Lipinski definition) is 1. The number of hydrogen-bond acceptors (Lipinski definition) is 2. The molecule has 1 atom stereocenters. The third-order valence-corrected chi connectivity index (χ3v) is 2.74. The first-order valence-electron chi connectivity index (χ1n) is 4.84. The van der Waals surface area contributed by atoms with Crippen molar-refractivity contribution in [3.05, 3.63) is 25.3 Å². The van der Waals surface area contributed by atoms with Gasteiger partial charge in [0.05, 0.1) is 0 Å². The van der Waals surface area contributed by atoms with Gasteiger partial charge in [0.2, 0.25) is 0 Å². The maximum atomic E-state index is 3.71. The number of nitrogens with one attached hydrogen (secondary N) is 1. The van der Waals surface area contributed by atoms with E-state index in [9.17, 15) is 0 Å². The molecule has 1 unspecified atom stereocenters. The Kier molecular flexibility index (Phi) is 9.72. The highest BCUT2D eigenvalue weighted by Gasteiger charge is 1.97. The summed E-state index contributed by atoms with van der Waals surface area (Å²) in [5.41, 5.74) is 0. The van der Waals surface area contributed by atoms with Gasteiger partial charge < -0.3 is 5.32 Å². The molecule has 0 saturated heterocycles. The molecule has 0 amide bonds. The molecule has 0 radical (unpaired) electrons. The summed E-state index contributed by atoms with van der Waals surface area (Å²) in [6.45, 7) is 10.7. The predicted octanol–water partition coefficient (Wildman–Crippen LogP) is 2.85. The van der Waals surface area contributed by atoms with Crippen LogP contribution in [-0.2, 0) is 0 Å². The molecule has 13 heavy (non-hydrogen) atoms. The van der Waals surface area contributed by atoms with E-state index in [0.29, 0.717) is 6.04 Å². The maximum absolute atomic E-state index is 3.71. The Morgan fingerprint density at radius 2 is 2.15 bits per heavy atom. The highest BCUT2D eigenvalue weighted by molar-refractivity contribution is 7.99. The Hall–Kier alpha value is -0.210. The lowest BCUT2D eigenvalue weighted by molar-refractivity contribution is 0.537. The molecule has 0 rings (SSSR count). The summed E-state index contributed by atoms with van der Waals surface area (Å²) >= 11 is 1.92. The molecular formula is C11H21NS. The first-order chi connectivity index (χ1) is 6.31. The van der Waals surface area contributed by atoms with Gasteiger partial charge in [-0.15, -0.1) is 13.2 Å². The Balaban J connectivity index is 3.11. The van der Waals surface area contributed by atoms with Gasteiger partial charge >= 0.3 is 0 Å². The number of thioether (sulfide) groups is 1. The highest BCUT2D eigenvalue weighted by Crippen LogP contribution is 1.99. The minimum atomic E-state index is 0.613. The van der Waals surface area contributed by atoms with E-state index >= 15 is 0 Å². The van der Waals surface area contributed by atoms with Crippen molar-refractivity contribution >= 4 is 11.8 Å². The summed E-state index contributed by atoms with van der Waals surface area (Å²) in [6.07, 6.45) is 6.22. The molecule has 0 heterocycles. The molecule has 1 nitrogen and oxygen atoms in total. The smallest absolute Gasteiger partial charge is 0.0111 e. The summed E-state index contributed by atoms with van der Waals surface area (Å²) in [7, 11) is 0. The summed E-state index contributed by atoms with van der Waals surface area (Å²) in [6, 6.07) is 0.613. The van der Waals surface area contributed by atoms with E-state index in [0.717, 1.165) is 18.7 Å². The maximum Gasteiger partial charge on any atom is 0.0111 e. The normalized spacial score (nSPS) is 12.4. The van der Waals surface area contributed by atoms with Gasteiger partial charge in [-0.25, -0.2) is 0 Å². The number of allylic oxidation sites excluding steroid dienone is 1. The van der Waals surface area contributed by atoms with Crippen LogP contribution in [0.15, 0.2) is 25.3 Å². The lowest BCUT2D eigenvalue weighted by Crippen LogP contribution is -2.27. The van der Waals surface area contributed by atoms with Crippen molar-refractivity contribution < 1.29 is 0 Å². The van der Waals surface area contributed by atoms with Crippen molar-refractivity contribution in [1.29, 1.82) is 0 Å². The average molecular weight is 199 g/mol. The van der Waals surface area contributed by atoms with Crippen LogP contribution in [0.25, 0.3) is 0 Å². The van der Waals surface area contributed by atoms with Crippen LogP contribution in [0, 0.1) is 0 Å². The molecule has 0 aliphatic carbocycles. The van der Waals surface area contributed by atoms with Gasteiger partial charge in [-0.05, 0) is 19.8 Å². The van der Waals surface area contributed by atoms with Crippen LogP contribution in [0.1, 0.15) is 19.8 Å². The lowest BCUT2D eigenvalue weighted by Gasteiger charge is -2.11. The summed E-state index contributed by atoms with van der Waals surface area (Å²) in [4.78, 5) is 0. The minimum absolute atomic E-state index is 0.613. The molecule has 0 saturated carbocycles. The number of rotatable bonds is 9. The van der Waals surface area contributed by atoms with Crippen molar-refractivity contribution in [1.82, 2.24) is 5.32 Å².